The Morgan fingerprint density at radius 1 is 1.33 bits per heavy atom. The molecule has 2 rings (SSSR count). The van der Waals surface area contributed by atoms with E-state index in [0.717, 1.165) is 12.1 Å². The van der Waals surface area contributed by atoms with Gasteiger partial charge < -0.3 is 0 Å². The zero-order chi connectivity index (χ0) is 13.0. The summed E-state index contributed by atoms with van der Waals surface area (Å²) in [6.45, 7) is 2.04. The molecule has 4 heteroatoms. The van der Waals surface area contributed by atoms with Crippen molar-refractivity contribution in [3.8, 4) is 0 Å². The predicted octanol–water partition coefficient (Wildman–Crippen LogP) is 2.51. The number of nitrogens with two attached hydrogens (primary N) is 1. The second-order valence-corrected chi connectivity index (χ2v) is 5.18. The number of hydrazine groups is 1. The average molecular weight is 248 g/mol. The van der Waals surface area contributed by atoms with Crippen molar-refractivity contribution in [2.24, 2.45) is 12.9 Å². The fraction of sp³-hybridized carbons (Fsp3) is 0.643. The largest absolute Gasteiger partial charge is 0.275 e. The maximum atomic E-state index is 5.78. The maximum absolute atomic E-state index is 5.78. The Balaban J connectivity index is 2.23. The van der Waals surface area contributed by atoms with Crippen LogP contribution in [0.25, 0.3) is 0 Å². The third kappa shape index (κ3) is 3.00. The number of aromatic nitrogens is 2. The quantitative estimate of drug-likeness (QED) is 0.491. The number of aryl methyl sites for hydroxylation is 2. The van der Waals surface area contributed by atoms with Gasteiger partial charge in [0.25, 0.3) is 0 Å². The Labute approximate surface area is 109 Å². The van der Waals surface area contributed by atoms with Gasteiger partial charge in [-0.2, -0.15) is 5.10 Å². The maximum Gasteiger partial charge on any atom is 0.0703 e. The fourth-order valence-corrected chi connectivity index (χ4v) is 2.78. The first kappa shape index (κ1) is 13.3. The molecule has 1 aromatic rings. The molecule has 0 saturated heterocycles. The van der Waals surface area contributed by atoms with E-state index < -0.39 is 0 Å². The minimum absolute atomic E-state index is 0.122. The number of nitrogens with zero attached hydrogens (tertiary/aromatic N) is 2. The van der Waals surface area contributed by atoms with Gasteiger partial charge in [0.1, 0.15) is 0 Å². The summed E-state index contributed by atoms with van der Waals surface area (Å²) in [4.78, 5) is 0. The molecular formula is C14H24N4. The van der Waals surface area contributed by atoms with Crippen LogP contribution in [0.1, 0.15) is 55.8 Å². The van der Waals surface area contributed by atoms with Crippen molar-refractivity contribution in [3.05, 3.63) is 29.1 Å². The van der Waals surface area contributed by atoms with Gasteiger partial charge in [-0.05, 0) is 32.6 Å². The second kappa shape index (κ2) is 6.16. The van der Waals surface area contributed by atoms with Crippen molar-refractivity contribution in [3.63, 3.8) is 0 Å². The highest BCUT2D eigenvalue weighted by Crippen LogP contribution is 2.29. The Bertz CT molecular complexity index is 419. The molecule has 3 N–H and O–H groups in total. The summed E-state index contributed by atoms with van der Waals surface area (Å²) >= 11 is 0. The molecule has 0 bridgehead atoms. The van der Waals surface area contributed by atoms with Crippen LogP contribution in [0.15, 0.2) is 17.8 Å². The molecule has 0 amide bonds. The van der Waals surface area contributed by atoms with E-state index in [9.17, 15) is 0 Å². The summed E-state index contributed by atoms with van der Waals surface area (Å²) < 4.78 is 1.86. The Morgan fingerprint density at radius 2 is 2.11 bits per heavy atom. The molecule has 0 radical (unpaired) electrons. The van der Waals surface area contributed by atoms with Crippen LogP contribution in [-0.2, 0) is 7.05 Å². The van der Waals surface area contributed by atoms with Gasteiger partial charge in [-0.15, -0.1) is 0 Å². The van der Waals surface area contributed by atoms with Crippen LogP contribution in [0.3, 0.4) is 0 Å². The second-order valence-electron chi connectivity index (χ2n) is 5.18. The van der Waals surface area contributed by atoms with Gasteiger partial charge in [0.05, 0.1) is 11.7 Å². The summed E-state index contributed by atoms with van der Waals surface area (Å²) in [7, 11) is 1.95. The Hall–Kier alpha value is -1.13. The minimum atomic E-state index is 0.122. The number of nitrogens with one attached hydrogen (secondary N) is 1. The first-order valence-electron chi connectivity index (χ1n) is 6.87. The molecule has 0 saturated carbocycles. The summed E-state index contributed by atoms with van der Waals surface area (Å²) in [5.74, 6) is 5.78. The van der Waals surface area contributed by atoms with E-state index in [4.69, 9.17) is 5.84 Å². The molecule has 4 nitrogen and oxygen atoms in total. The standard InChI is InChI=1S/C14H24N4/c1-11-13(10-18(2)17-11)14(16-15)12-8-6-4-3-5-7-9-12/h8,10,14,16H,3-7,9,15H2,1-2H3/b12-8+. The molecule has 1 aliphatic carbocycles. The monoisotopic (exact) mass is 248 g/mol. The molecule has 0 fully saturated rings. The van der Waals surface area contributed by atoms with Gasteiger partial charge >= 0.3 is 0 Å². The molecule has 1 aliphatic rings. The van der Waals surface area contributed by atoms with Crippen LogP contribution in [0.2, 0.25) is 0 Å². The first-order valence-corrected chi connectivity index (χ1v) is 6.87. The minimum Gasteiger partial charge on any atom is -0.275 e. The van der Waals surface area contributed by atoms with Crippen molar-refractivity contribution in [1.82, 2.24) is 15.2 Å². The molecule has 0 aliphatic heterocycles. The molecule has 0 spiro atoms. The van der Waals surface area contributed by atoms with Crippen molar-refractivity contribution < 1.29 is 0 Å². The van der Waals surface area contributed by atoms with Gasteiger partial charge in [0, 0.05) is 18.8 Å². The molecule has 1 atom stereocenters. The van der Waals surface area contributed by atoms with Crippen molar-refractivity contribution in [2.75, 3.05) is 0 Å². The number of hydrogen-bond donors (Lipinski definition) is 2. The van der Waals surface area contributed by atoms with E-state index in [1.165, 1.54) is 43.2 Å². The normalized spacial score (nSPS) is 21.8. The Morgan fingerprint density at radius 3 is 2.78 bits per heavy atom. The number of rotatable bonds is 3. The number of hydrogen-bond acceptors (Lipinski definition) is 3. The van der Waals surface area contributed by atoms with E-state index in [2.05, 4.69) is 22.8 Å². The zero-order valence-corrected chi connectivity index (χ0v) is 11.4. The van der Waals surface area contributed by atoms with Gasteiger partial charge in [0.2, 0.25) is 0 Å². The van der Waals surface area contributed by atoms with Crippen LogP contribution in [0, 0.1) is 6.92 Å². The van der Waals surface area contributed by atoms with Gasteiger partial charge in [-0.3, -0.25) is 10.5 Å². The molecule has 1 heterocycles. The molecular weight excluding hydrogens is 224 g/mol. The summed E-state index contributed by atoms with van der Waals surface area (Å²) in [5, 5.41) is 4.41. The van der Waals surface area contributed by atoms with Crippen molar-refractivity contribution in [1.29, 1.82) is 0 Å². The predicted molar refractivity (Wildman–Crippen MR) is 73.8 cm³/mol. The molecule has 100 valence electrons. The van der Waals surface area contributed by atoms with Crippen molar-refractivity contribution >= 4 is 0 Å². The first-order chi connectivity index (χ1) is 8.72. The molecule has 0 aromatic carbocycles. The summed E-state index contributed by atoms with van der Waals surface area (Å²) in [6, 6.07) is 0.122. The van der Waals surface area contributed by atoms with Crippen molar-refractivity contribution in [2.45, 2.75) is 51.5 Å². The highest BCUT2D eigenvalue weighted by atomic mass is 15.3. The average Bonchev–Trinajstić information content (AvgIpc) is 2.62. The van der Waals surface area contributed by atoms with E-state index in [-0.39, 0.29) is 6.04 Å². The van der Waals surface area contributed by atoms with Gasteiger partial charge in [-0.25, -0.2) is 5.43 Å². The third-order valence-corrected chi connectivity index (χ3v) is 3.73. The Kier molecular flexibility index (Phi) is 4.55. The van der Waals surface area contributed by atoms with Crippen LogP contribution >= 0.6 is 0 Å². The SMILES string of the molecule is Cc1nn(C)cc1C(NN)/C1=C/CCCCCC1. The van der Waals surface area contributed by atoms with Gasteiger partial charge in [0.15, 0.2) is 0 Å². The van der Waals surface area contributed by atoms with E-state index in [1.54, 1.807) is 0 Å². The third-order valence-electron chi connectivity index (χ3n) is 3.73. The lowest BCUT2D eigenvalue weighted by molar-refractivity contribution is 0.553. The lowest BCUT2D eigenvalue weighted by Gasteiger charge is -2.21. The highest BCUT2D eigenvalue weighted by molar-refractivity contribution is 5.29. The van der Waals surface area contributed by atoms with Crippen LogP contribution < -0.4 is 11.3 Å². The molecule has 1 aromatic heterocycles. The summed E-state index contributed by atoms with van der Waals surface area (Å²) in [6.07, 6.45) is 12.0. The highest BCUT2D eigenvalue weighted by Gasteiger charge is 2.19. The van der Waals surface area contributed by atoms with E-state index >= 15 is 0 Å². The van der Waals surface area contributed by atoms with Crippen LogP contribution in [0.5, 0.6) is 0 Å². The molecule has 18 heavy (non-hydrogen) atoms. The van der Waals surface area contributed by atoms with E-state index in [0.29, 0.717) is 0 Å². The van der Waals surface area contributed by atoms with Crippen LogP contribution in [0.4, 0.5) is 0 Å². The van der Waals surface area contributed by atoms with E-state index in [1.807, 2.05) is 18.7 Å². The lowest BCUT2D eigenvalue weighted by atomic mass is 9.91. The number of allylic oxidation sites excluding steroid dienone is 1. The molecule has 1 unspecified atom stereocenters. The smallest absolute Gasteiger partial charge is 0.0703 e. The van der Waals surface area contributed by atoms with Crippen LogP contribution in [-0.4, -0.2) is 9.78 Å². The fourth-order valence-electron chi connectivity index (χ4n) is 2.78. The van der Waals surface area contributed by atoms with Gasteiger partial charge in [-0.1, -0.05) is 24.5 Å². The lowest BCUT2D eigenvalue weighted by Crippen LogP contribution is -2.30. The topological polar surface area (TPSA) is 55.9 Å². The zero-order valence-electron chi connectivity index (χ0n) is 11.4. The summed E-state index contributed by atoms with van der Waals surface area (Å²) in [5.41, 5.74) is 6.65.